The lowest BCUT2D eigenvalue weighted by molar-refractivity contribution is -0.164. The smallest absolute Gasteiger partial charge is 0.482 e. The number of fused-ring (bicyclic) bond motifs is 1. The molecule has 0 fully saturated rings. The van der Waals surface area contributed by atoms with Gasteiger partial charge in [-0.1, -0.05) is 0 Å². The van der Waals surface area contributed by atoms with Crippen LogP contribution in [0.3, 0.4) is 0 Å². The minimum absolute atomic E-state index is 0.558. The number of benzene rings is 1. The molecule has 0 aliphatic carbocycles. The summed E-state index contributed by atoms with van der Waals surface area (Å²) in [6, 6.07) is 5.65. The molecule has 12 heteroatoms. The fourth-order valence-corrected chi connectivity index (χ4v) is 4.37. The van der Waals surface area contributed by atoms with Crippen LogP contribution < -0.4 is 4.74 Å². The first kappa shape index (κ1) is 32.8. The van der Waals surface area contributed by atoms with Crippen molar-refractivity contribution in [1.29, 1.82) is 0 Å². The van der Waals surface area contributed by atoms with Crippen molar-refractivity contribution in [3.8, 4) is 5.75 Å². The minimum atomic E-state index is -4.38. The zero-order valence-corrected chi connectivity index (χ0v) is 25.6. The Labute approximate surface area is 231 Å². The molecule has 0 saturated heterocycles. The van der Waals surface area contributed by atoms with E-state index in [0.29, 0.717) is 5.75 Å². The summed E-state index contributed by atoms with van der Waals surface area (Å²) in [6.45, 7) is 11.2. The quantitative estimate of drug-likeness (QED) is 0.173. The van der Waals surface area contributed by atoms with Crippen molar-refractivity contribution in [2.45, 2.75) is 61.1 Å². The second-order valence-electron chi connectivity index (χ2n) is 11.5. The lowest BCUT2D eigenvalue weighted by Crippen LogP contribution is -2.25. The van der Waals surface area contributed by atoms with Crippen LogP contribution in [-0.2, 0) is 43.6 Å². The van der Waals surface area contributed by atoms with Gasteiger partial charge in [0.15, 0.2) is 0 Å². The number of hydrogen-bond donors (Lipinski definition) is 0. The van der Waals surface area contributed by atoms with Gasteiger partial charge in [0.25, 0.3) is 0 Å². The van der Waals surface area contributed by atoms with Gasteiger partial charge >= 0.3 is 19.8 Å². The molecule has 11 nitrogen and oxygen atoms in total. The molecule has 0 spiro atoms. The predicted octanol–water partition coefficient (Wildman–Crippen LogP) is 5.52. The van der Waals surface area contributed by atoms with Gasteiger partial charge in [-0.3, -0.25) is 14.1 Å². The molecule has 2 aromatic rings. The Hall–Kier alpha value is -2.43. The third-order valence-corrected chi connectivity index (χ3v) is 7.06. The fourth-order valence-electron chi connectivity index (χ4n) is 3.33. The summed E-state index contributed by atoms with van der Waals surface area (Å²) >= 11 is 0. The Morgan fingerprint density at radius 3 is 1.97 bits per heavy atom. The molecule has 39 heavy (non-hydrogen) atoms. The van der Waals surface area contributed by atoms with Crippen molar-refractivity contribution >= 4 is 30.7 Å². The van der Waals surface area contributed by atoms with Crippen molar-refractivity contribution in [1.82, 2.24) is 9.47 Å². The number of likely N-dealkylation sites (N-methyl/N-ethyl adjacent to an activating group) is 1. The molecule has 0 radical (unpaired) electrons. The lowest BCUT2D eigenvalue weighted by atomic mass is 9.98. The molecule has 0 saturated carbocycles. The third kappa shape index (κ3) is 9.61. The third-order valence-electron chi connectivity index (χ3n) is 5.65. The first-order chi connectivity index (χ1) is 18.0. The number of phosphoric acid groups is 1. The van der Waals surface area contributed by atoms with E-state index in [-0.39, 0.29) is 0 Å². The number of phosphoric ester groups is 1. The molecule has 0 amide bonds. The van der Waals surface area contributed by atoms with Crippen LogP contribution in [0.4, 0.5) is 0 Å². The van der Waals surface area contributed by atoms with Gasteiger partial charge in [0.05, 0.1) is 23.5 Å². The van der Waals surface area contributed by atoms with Crippen molar-refractivity contribution in [3.63, 3.8) is 0 Å². The van der Waals surface area contributed by atoms with E-state index < -0.39 is 50.4 Å². The molecule has 2 rings (SSSR count). The van der Waals surface area contributed by atoms with Crippen molar-refractivity contribution in [3.05, 3.63) is 30.0 Å². The summed E-state index contributed by atoms with van der Waals surface area (Å²) in [5, 5.41) is 0.960. The van der Waals surface area contributed by atoms with Crippen molar-refractivity contribution < 1.29 is 41.9 Å². The first-order valence-corrected chi connectivity index (χ1v) is 14.2. The highest BCUT2D eigenvalue weighted by Crippen LogP contribution is 2.53. The molecule has 1 unspecified atom stereocenters. The minimum Gasteiger partial charge on any atom is -0.497 e. The van der Waals surface area contributed by atoms with Crippen molar-refractivity contribution in [2.75, 3.05) is 41.3 Å². The van der Waals surface area contributed by atoms with E-state index in [9.17, 15) is 14.2 Å². The highest BCUT2D eigenvalue weighted by Gasteiger charge is 2.34. The number of carbonyl (C=O) groups is 2. The van der Waals surface area contributed by atoms with Crippen molar-refractivity contribution in [2.24, 2.45) is 10.8 Å². The number of esters is 2. The Bertz CT molecular complexity index is 1140. The van der Waals surface area contributed by atoms with E-state index in [1.165, 1.54) is 0 Å². The number of carbonyl (C=O) groups excluding carboxylic acids is 2. The number of methoxy groups -OCH3 is 1. The SMILES string of the molecule is COc1ccc2c(c1)c(CCN(C)C)cn2C(C)OP(=O)(OCOC(=O)C(C)(C)C)OCOC(=O)C(C)(C)C. The Kier molecular flexibility index (Phi) is 11.2. The second kappa shape index (κ2) is 13.3. The van der Waals surface area contributed by atoms with Gasteiger partial charge in [-0.2, -0.15) is 0 Å². The summed E-state index contributed by atoms with van der Waals surface area (Å²) in [4.78, 5) is 26.4. The van der Waals surface area contributed by atoms with Gasteiger partial charge in [0.1, 0.15) is 12.0 Å². The van der Waals surface area contributed by atoms with Gasteiger partial charge in [0.2, 0.25) is 13.6 Å². The topological polar surface area (TPSA) is 115 Å². The maximum Gasteiger partial charge on any atom is 0.482 e. The predicted molar refractivity (Wildman–Crippen MR) is 147 cm³/mol. The molecule has 1 heterocycles. The van der Waals surface area contributed by atoms with Crippen LogP contribution in [0.1, 0.15) is 60.3 Å². The Balaban J connectivity index is 2.31. The molecule has 0 aliphatic rings. The number of aromatic nitrogens is 1. The maximum absolute atomic E-state index is 13.6. The van der Waals surface area contributed by atoms with E-state index >= 15 is 0 Å². The van der Waals surface area contributed by atoms with E-state index in [1.54, 1.807) is 55.6 Å². The van der Waals surface area contributed by atoms with Gasteiger partial charge in [-0.05, 0) is 92.7 Å². The second-order valence-corrected chi connectivity index (χ2v) is 13.1. The zero-order chi connectivity index (χ0) is 29.6. The van der Waals surface area contributed by atoms with Crippen LogP contribution in [0.25, 0.3) is 10.9 Å². The summed E-state index contributed by atoms with van der Waals surface area (Å²) in [5.41, 5.74) is 0.280. The molecule has 220 valence electrons. The van der Waals surface area contributed by atoms with Crippen LogP contribution in [-0.4, -0.2) is 62.7 Å². The standard InChI is InChI=1S/C27H43N2O9P/c1-19(29-16-20(13-14-28(8)9)22-15-21(33-10)11-12-23(22)29)38-39(32,36-17-34-24(30)26(2,3)4)37-18-35-25(31)27(5,6)7/h11-12,15-16,19H,13-14,17-18H2,1-10H3. The summed E-state index contributed by atoms with van der Waals surface area (Å²) in [7, 11) is 1.21. The average Bonchev–Trinajstić information content (AvgIpc) is 3.19. The molecule has 1 atom stereocenters. The van der Waals surface area contributed by atoms with Crippen LogP contribution >= 0.6 is 7.82 Å². The number of hydrogen-bond acceptors (Lipinski definition) is 10. The lowest BCUT2D eigenvalue weighted by Gasteiger charge is -2.24. The van der Waals surface area contributed by atoms with Crippen LogP contribution in [0.5, 0.6) is 5.75 Å². The Morgan fingerprint density at radius 1 is 0.974 bits per heavy atom. The van der Waals surface area contributed by atoms with Gasteiger partial charge in [-0.25, -0.2) is 13.6 Å². The maximum atomic E-state index is 13.6. The van der Waals surface area contributed by atoms with Crippen LogP contribution in [0.15, 0.2) is 24.4 Å². The fraction of sp³-hybridized carbons (Fsp3) is 0.630. The number of ether oxygens (including phenoxy) is 3. The molecule has 1 aromatic carbocycles. The zero-order valence-electron chi connectivity index (χ0n) is 24.7. The first-order valence-electron chi connectivity index (χ1n) is 12.7. The van der Waals surface area contributed by atoms with E-state index in [1.807, 2.05) is 43.1 Å². The molecule has 0 bridgehead atoms. The van der Waals surface area contributed by atoms with Crippen LogP contribution in [0, 0.1) is 10.8 Å². The average molecular weight is 571 g/mol. The summed E-state index contributed by atoms with van der Waals surface area (Å²) in [6.07, 6.45) is 1.84. The Morgan fingerprint density at radius 2 is 1.51 bits per heavy atom. The number of nitrogens with zero attached hydrogens (tertiary/aromatic N) is 2. The normalized spacial score (nSPS) is 13.5. The highest BCUT2D eigenvalue weighted by atomic mass is 31.2. The molecule has 1 aromatic heterocycles. The van der Waals surface area contributed by atoms with E-state index in [2.05, 4.69) is 4.90 Å². The summed E-state index contributed by atoms with van der Waals surface area (Å²) in [5.74, 6) is -0.409. The van der Waals surface area contributed by atoms with E-state index in [0.717, 1.165) is 29.4 Å². The highest BCUT2D eigenvalue weighted by molar-refractivity contribution is 7.48. The monoisotopic (exact) mass is 570 g/mol. The van der Waals surface area contributed by atoms with Gasteiger partial charge in [-0.15, -0.1) is 0 Å². The van der Waals surface area contributed by atoms with Gasteiger partial charge < -0.3 is 23.7 Å². The molecular weight excluding hydrogens is 527 g/mol. The molecule has 0 N–H and O–H groups in total. The molecule has 0 aliphatic heterocycles. The van der Waals surface area contributed by atoms with Crippen LogP contribution in [0.2, 0.25) is 0 Å². The summed E-state index contributed by atoms with van der Waals surface area (Å²) < 4.78 is 47.5. The van der Waals surface area contributed by atoms with E-state index in [4.69, 9.17) is 27.8 Å². The number of rotatable bonds is 13. The van der Waals surface area contributed by atoms with Gasteiger partial charge in [0, 0.05) is 18.1 Å². The molecular formula is C27H43N2O9P. The largest absolute Gasteiger partial charge is 0.497 e.